The first-order valence-electron chi connectivity index (χ1n) is 6.40. The minimum atomic E-state index is -0.382. The summed E-state index contributed by atoms with van der Waals surface area (Å²) in [6, 6.07) is 0. The van der Waals surface area contributed by atoms with Crippen LogP contribution in [0.3, 0.4) is 0 Å². The number of fused-ring (bicyclic) bond motifs is 1. The Balaban J connectivity index is 2.15. The highest BCUT2D eigenvalue weighted by Crippen LogP contribution is 2.43. The molecule has 4 nitrogen and oxygen atoms in total. The van der Waals surface area contributed by atoms with Gasteiger partial charge in [-0.2, -0.15) is 0 Å². The molecule has 1 fully saturated rings. The zero-order valence-corrected chi connectivity index (χ0v) is 11.7. The SMILES string of the molecule is CCC(CC)O[C@@H]1C(Cl)=C(C(=O)OC)C[C@@H]2O[C@@H]21. The largest absolute Gasteiger partial charge is 0.466 e. The van der Waals surface area contributed by atoms with Crippen LogP contribution in [0.2, 0.25) is 0 Å². The third kappa shape index (κ3) is 2.56. The number of hydrogen-bond donors (Lipinski definition) is 0. The Morgan fingerprint density at radius 3 is 2.72 bits per heavy atom. The van der Waals surface area contributed by atoms with E-state index >= 15 is 0 Å². The summed E-state index contributed by atoms with van der Waals surface area (Å²) >= 11 is 6.28. The molecule has 5 heteroatoms. The molecular weight excluding hydrogens is 256 g/mol. The molecule has 0 N–H and O–H groups in total. The van der Waals surface area contributed by atoms with Crippen LogP contribution in [-0.4, -0.2) is 37.5 Å². The van der Waals surface area contributed by atoms with E-state index in [1.807, 2.05) is 0 Å². The molecule has 1 aliphatic carbocycles. The van der Waals surface area contributed by atoms with Gasteiger partial charge >= 0.3 is 5.97 Å². The minimum Gasteiger partial charge on any atom is -0.466 e. The summed E-state index contributed by atoms with van der Waals surface area (Å²) in [5.41, 5.74) is 0.494. The van der Waals surface area contributed by atoms with Crippen molar-refractivity contribution in [3.8, 4) is 0 Å². The van der Waals surface area contributed by atoms with Crippen molar-refractivity contribution in [3.05, 3.63) is 10.6 Å². The average molecular weight is 275 g/mol. The second-order valence-corrected chi connectivity index (χ2v) is 5.06. The molecule has 0 radical (unpaired) electrons. The van der Waals surface area contributed by atoms with E-state index < -0.39 is 0 Å². The molecule has 0 saturated carbocycles. The van der Waals surface area contributed by atoms with E-state index in [0.29, 0.717) is 17.0 Å². The van der Waals surface area contributed by atoms with E-state index in [1.54, 1.807) is 0 Å². The van der Waals surface area contributed by atoms with Crippen molar-refractivity contribution in [2.24, 2.45) is 0 Å². The topological polar surface area (TPSA) is 48.1 Å². The Labute approximate surface area is 112 Å². The van der Waals surface area contributed by atoms with Gasteiger partial charge in [0.1, 0.15) is 12.2 Å². The molecule has 0 aromatic rings. The third-order valence-electron chi connectivity index (χ3n) is 3.55. The fourth-order valence-corrected chi connectivity index (χ4v) is 2.66. The second kappa shape index (κ2) is 5.59. The lowest BCUT2D eigenvalue weighted by Gasteiger charge is -2.25. The van der Waals surface area contributed by atoms with E-state index in [-0.39, 0.29) is 30.4 Å². The van der Waals surface area contributed by atoms with Crippen LogP contribution in [0.4, 0.5) is 0 Å². The monoisotopic (exact) mass is 274 g/mol. The highest BCUT2D eigenvalue weighted by Gasteiger charge is 2.53. The number of methoxy groups -OCH3 is 1. The summed E-state index contributed by atoms with van der Waals surface area (Å²) in [4.78, 5) is 11.6. The van der Waals surface area contributed by atoms with Gasteiger partial charge in [0.05, 0.1) is 29.9 Å². The van der Waals surface area contributed by atoms with E-state index in [1.165, 1.54) is 7.11 Å². The number of carbonyl (C=O) groups excluding carboxylic acids is 1. The van der Waals surface area contributed by atoms with Gasteiger partial charge in [0.15, 0.2) is 0 Å². The van der Waals surface area contributed by atoms with Crippen molar-refractivity contribution in [1.29, 1.82) is 0 Å². The van der Waals surface area contributed by atoms with Crippen molar-refractivity contribution in [3.63, 3.8) is 0 Å². The molecule has 0 spiro atoms. The zero-order valence-electron chi connectivity index (χ0n) is 10.9. The lowest BCUT2D eigenvalue weighted by atomic mass is 9.96. The molecule has 102 valence electrons. The Morgan fingerprint density at radius 1 is 1.50 bits per heavy atom. The van der Waals surface area contributed by atoms with Crippen LogP contribution in [-0.2, 0) is 19.0 Å². The maximum Gasteiger partial charge on any atom is 0.335 e. The van der Waals surface area contributed by atoms with Gasteiger partial charge in [0.25, 0.3) is 0 Å². The Bertz CT molecular complexity index is 362. The Morgan fingerprint density at radius 2 is 2.17 bits per heavy atom. The number of carbonyl (C=O) groups is 1. The maximum absolute atomic E-state index is 11.6. The number of halogens is 1. The lowest BCUT2D eigenvalue weighted by Crippen LogP contribution is -2.32. The van der Waals surface area contributed by atoms with Crippen molar-refractivity contribution < 1.29 is 19.0 Å². The summed E-state index contributed by atoms with van der Waals surface area (Å²) in [5.74, 6) is -0.382. The first-order valence-corrected chi connectivity index (χ1v) is 6.77. The second-order valence-electron chi connectivity index (χ2n) is 4.66. The smallest absolute Gasteiger partial charge is 0.335 e. The van der Waals surface area contributed by atoms with Gasteiger partial charge in [-0.3, -0.25) is 0 Å². The van der Waals surface area contributed by atoms with E-state index in [0.717, 1.165) is 12.8 Å². The van der Waals surface area contributed by atoms with Crippen LogP contribution in [0.1, 0.15) is 33.1 Å². The van der Waals surface area contributed by atoms with Crippen molar-refractivity contribution in [1.82, 2.24) is 0 Å². The van der Waals surface area contributed by atoms with Gasteiger partial charge < -0.3 is 14.2 Å². The van der Waals surface area contributed by atoms with Crippen LogP contribution in [0.15, 0.2) is 10.6 Å². The normalized spacial score (nSPS) is 30.4. The molecule has 2 aliphatic rings. The van der Waals surface area contributed by atoms with E-state index in [9.17, 15) is 4.79 Å². The third-order valence-corrected chi connectivity index (χ3v) is 3.99. The lowest BCUT2D eigenvalue weighted by molar-refractivity contribution is -0.136. The molecule has 2 rings (SSSR count). The molecule has 0 aromatic carbocycles. The minimum absolute atomic E-state index is 0.00602. The molecule has 0 unspecified atom stereocenters. The number of esters is 1. The molecule has 18 heavy (non-hydrogen) atoms. The van der Waals surface area contributed by atoms with E-state index in [4.69, 9.17) is 25.8 Å². The molecule has 1 saturated heterocycles. The molecule has 1 heterocycles. The predicted molar refractivity (Wildman–Crippen MR) is 67.4 cm³/mol. The fourth-order valence-electron chi connectivity index (χ4n) is 2.33. The van der Waals surface area contributed by atoms with Crippen LogP contribution in [0.5, 0.6) is 0 Å². The quantitative estimate of drug-likeness (QED) is 0.571. The number of ether oxygens (including phenoxy) is 3. The Kier molecular flexibility index (Phi) is 4.30. The van der Waals surface area contributed by atoms with Gasteiger partial charge in [0, 0.05) is 6.42 Å². The van der Waals surface area contributed by atoms with Gasteiger partial charge in [0.2, 0.25) is 0 Å². The summed E-state index contributed by atoms with van der Waals surface area (Å²) in [7, 11) is 1.36. The summed E-state index contributed by atoms with van der Waals surface area (Å²) in [6.07, 6.45) is 2.26. The van der Waals surface area contributed by atoms with Gasteiger partial charge in [-0.05, 0) is 12.8 Å². The molecule has 3 atom stereocenters. The van der Waals surface area contributed by atoms with Crippen molar-refractivity contribution >= 4 is 17.6 Å². The molecule has 0 amide bonds. The van der Waals surface area contributed by atoms with Crippen LogP contribution >= 0.6 is 11.6 Å². The number of rotatable bonds is 5. The molecule has 0 bridgehead atoms. The molecule has 0 aromatic heterocycles. The molecule has 1 aliphatic heterocycles. The highest BCUT2D eigenvalue weighted by atomic mass is 35.5. The summed E-state index contributed by atoms with van der Waals surface area (Å²) < 4.78 is 16.2. The van der Waals surface area contributed by atoms with Crippen molar-refractivity contribution in [2.75, 3.05) is 7.11 Å². The number of epoxide rings is 1. The summed E-state index contributed by atoms with van der Waals surface area (Å²) in [6.45, 7) is 4.14. The van der Waals surface area contributed by atoms with Gasteiger partial charge in [-0.15, -0.1) is 0 Å². The van der Waals surface area contributed by atoms with Crippen LogP contribution in [0.25, 0.3) is 0 Å². The van der Waals surface area contributed by atoms with Gasteiger partial charge in [-0.25, -0.2) is 4.79 Å². The predicted octanol–water partition coefficient (Wildman–Crippen LogP) is 2.40. The maximum atomic E-state index is 11.6. The van der Waals surface area contributed by atoms with Gasteiger partial charge in [-0.1, -0.05) is 25.4 Å². The van der Waals surface area contributed by atoms with Crippen LogP contribution < -0.4 is 0 Å². The first-order chi connectivity index (χ1) is 8.62. The first kappa shape index (κ1) is 13.8. The zero-order chi connectivity index (χ0) is 13.3. The Hall–Kier alpha value is -0.580. The molecular formula is C13H19ClO4. The average Bonchev–Trinajstić information content (AvgIpc) is 3.15. The van der Waals surface area contributed by atoms with Crippen LogP contribution in [0, 0.1) is 0 Å². The standard InChI is InChI=1S/C13H19ClO4/c1-4-7(5-2)17-12-10(14)8(13(15)16-3)6-9-11(12)18-9/h7,9,11-12H,4-6H2,1-3H3/t9-,11-,12+/m0/s1. The van der Waals surface area contributed by atoms with E-state index in [2.05, 4.69) is 13.8 Å². The summed E-state index contributed by atoms with van der Waals surface area (Å²) in [5, 5.41) is 0.451. The fraction of sp³-hybridized carbons (Fsp3) is 0.769. The highest BCUT2D eigenvalue weighted by molar-refractivity contribution is 6.32. The number of hydrogen-bond acceptors (Lipinski definition) is 4. The van der Waals surface area contributed by atoms with Crippen molar-refractivity contribution in [2.45, 2.75) is 57.5 Å².